The second-order valence-electron chi connectivity index (χ2n) is 3.25. The zero-order chi connectivity index (χ0) is 12.4. The average molecular weight is 254 g/mol. The summed E-state index contributed by atoms with van der Waals surface area (Å²) in [6.45, 7) is -0.146. The molecule has 0 radical (unpaired) electrons. The molecule has 6 nitrogen and oxygen atoms in total. The van der Waals surface area contributed by atoms with Crippen LogP contribution in [-0.2, 0) is 11.8 Å². The third kappa shape index (κ3) is 2.12. The Bertz CT molecular complexity index is 638. The van der Waals surface area contributed by atoms with E-state index in [4.69, 9.17) is 16.3 Å². The highest BCUT2D eigenvalue weighted by atomic mass is 35.5. The molecule has 0 N–H and O–H groups in total. The first-order valence-corrected chi connectivity index (χ1v) is 5.10. The number of rotatable bonds is 3. The number of ether oxygens (including phenoxy) is 1. The Morgan fingerprint density at radius 2 is 2.35 bits per heavy atom. The number of halogens is 1. The summed E-state index contributed by atoms with van der Waals surface area (Å²) >= 11 is 5.90. The third-order valence-electron chi connectivity index (χ3n) is 2.15. The largest absolute Gasteiger partial charge is 0.469 e. The molecule has 0 unspecified atom stereocenters. The first kappa shape index (κ1) is 11.5. The molecule has 88 valence electrons. The number of nitrogens with zero attached hydrogens (tertiary/aromatic N) is 3. The topological polar surface area (TPSA) is 74.1 Å². The Kier molecular flexibility index (Phi) is 3.06. The van der Waals surface area contributed by atoms with Gasteiger partial charge in [-0.1, -0.05) is 11.6 Å². The van der Waals surface area contributed by atoms with Crippen LogP contribution in [0.15, 0.2) is 17.1 Å². The van der Waals surface area contributed by atoms with Gasteiger partial charge in [-0.15, -0.1) is 0 Å². The summed E-state index contributed by atoms with van der Waals surface area (Å²) in [4.78, 5) is 29.6. The van der Waals surface area contributed by atoms with Crippen LogP contribution in [0.2, 0.25) is 5.02 Å². The van der Waals surface area contributed by atoms with E-state index in [0.717, 1.165) is 0 Å². The number of hydrogen-bond acceptors (Lipinski definition) is 5. The minimum absolute atomic E-state index is 0.106. The molecule has 7 heteroatoms. The van der Waals surface area contributed by atoms with E-state index in [-0.39, 0.29) is 23.1 Å². The van der Waals surface area contributed by atoms with Crippen molar-refractivity contribution in [2.24, 2.45) is 7.05 Å². The van der Waals surface area contributed by atoms with Crippen LogP contribution in [0.3, 0.4) is 0 Å². The van der Waals surface area contributed by atoms with Crippen molar-refractivity contribution in [2.75, 3.05) is 6.61 Å². The summed E-state index contributed by atoms with van der Waals surface area (Å²) in [5, 5.41) is 0.241. The lowest BCUT2D eigenvalue weighted by Gasteiger charge is -2.07. The quantitative estimate of drug-likeness (QED) is 0.747. The molecule has 2 rings (SSSR count). The Labute approximate surface area is 101 Å². The summed E-state index contributed by atoms with van der Waals surface area (Å²) in [5.74, 6) is 0.106. The van der Waals surface area contributed by atoms with Gasteiger partial charge >= 0.3 is 0 Å². The summed E-state index contributed by atoms with van der Waals surface area (Å²) in [6, 6.07) is 1.53. The maximum Gasteiger partial charge on any atom is 0.270 e. The van der Waals surface area contributed by atoms with Gasteiger partial charge < -0.3 is 4.74 Å². The number of aldehydes is 1. The number of aryl methyl sites for hydroxylation is 1. The SMILES string of the molecule is Cn1c(=O)cnc2cc(Cl)c(OCC=O)nc21. The molecule has 0 bridgehead atoms. The van der Waals surface area contributed by atoms with Gasteiger partial charge in [0, 0.05) is 7.05 Å². The van der Waals surface area contributed by atoms with Gasteiger partial charge in [-0.05, 0) is 6.07 Å². The lowest BCUT2D eigenvalue weighted by atomic mass is 10.4. The normalized spacial score (nSPS) is 10.5. The number of aromatic nitrogens is 3. The van der Waals surface area contributed by atoms with Crippen LogP contribution in [0.5, 0.6) is 5.88 Å². The fourth-order valence-electron chi connectivity index (χ4n) is 1.32. The van der Waals surface area contributed by atoms with Crippen molar-refractivity contribution in [1.29, 1.82) is 0 Å². The van der Waals surface area contributed by atoms with Crippen molar-refractivity contribution < 1.29 is 9.53 Å². The zero-order valence-corrected chi connectivity index (χ0v) is 9.64. The molecule has 0 aliphatic rings. The highest BCUT2D eigenvalue weighted by Crippen LogP contribution is 2.24. The lowest BCUT2D eigenvalue weighted by Crippen LogP contribution is -2.17. The molecule has 2 aromatic rings. The monoisotopic (exact) mass is 253 g/mol. The minimum Gasteiger partial charge on any atom is -0.469 e. The van der Waals surface area contributed by atoms with Gasteiger partial charge in [-0.3, -0.25) is 14.2 Å². The van der Waals surface area contributed by atoms with Crippen LogP contribution >= 0.6 is 11.6 Å². The second kappa shape index (κ2) is 4.50. The number of carbonyl (C=O) groups excluding carboxylic acids is 1. The zero-order valence-electron chi connectivity index (χ0n) is 8.88. The molecule has 0 fully saturated rings. The van der Waals surface area contributed by atoms with Crippen molar-refractivity contribution in [2.45, 2.75) is 0 Å². The molecule has 0 aromatic carbocycles. The third-order valence-corrected chi connectivity index (χ3v) is 2.43. The van der Waals surface area contributed by atoms with E-state index in [1.165, 1.54) is 16.8 Å². The van der Waals surface area contributed by atoms with Crippen LogP contribution in [0.4, 0.5) is 0 Å². The van der Waals surface area contributed by atoms with Crippen LogP contribution in [-0.4, -0.2) is 27.4 Å². The Morgan fingerprint density at radius 1 is 1.59 bits per heavy atom. The molecular weight excluding hydrogens is 246 g/mol. The Morgan fingerprint density at radius 3 is 3.06 bits per heavy atom. The molecule has 2 heterocycles. The molecule has 0 spiro atoms. The maximum atomic E-state index is 11.4. The van der Waals surface area contributed by atoms with Crippen LogP contribution < -0.4 is 10.3 Å². The van der Waals surface area contributed by atoms with E-state index >= 15 is 0 Å². The molecule has 0 amide bonds. The highest BCUT2D eigenvalue weighted by molar-refractivity contribution is 6.32. The maximum absolute atomic E-state index is 11.4. The highest BCUT2D eigenvalue weighted by Gasteiger charge is 2.09. The van der Waals surface area contributed by atoms with Crippen molar-refractivity contribution >= 4 is 29.1 Å². The first-order chi connectivity index (χ1) is 8.13. The molecule has 0 aliphatic carbocycles. The van der Waals surface area contributed by atoms with Crippen molar-refractivity contribution in [3.8, 4) is 5.88 Å². The summed E-state index contributed by atoms with van der Waals surface area (Å²) < 4.78 is 6.36. The van der Waals surface area contributed by atoms with Crippen molar-refractivity contribution in [3.05, 3.63) is 27.6 Å². The van der Waals surface area contributed by atoms with Gasteiger partial charge in [0.05, 0.1) is 6.20 Å². The fraction of sp³-hybridized carbons (Fsp3) is 0.200. The minimum atomic E-state index is -0.284. The molecular formula is C10H8ClN3O3. The Balaban J connectivity index is 2.64. The lowest BCUT2D eigenvalue weighted by molar-refractivity contribution is -0.109. The summed E-state index contributed by atoms with van der Waals surface area (Å²) in [7, 11) is 1.57. The van der Waals surface area contributed by atoms with Crippen LogP contribution in [0.1, 0.15) is 0 Å². The van der Waals surface area contributed by atoms with E-state index in [2.05, 4.69) is 9.97 Å². The second-order valence-corrected chi connectivity index (χ2v) is 3.66. The molecule has 17 heavy (non-hydrogen) atoms. The van der Waals surface area contributed by atoms with Gasteiger partial charge in [0.15, 0.2) is 11.9 Å². The molecule has 0 atom stereocenters. The van der Waals surface area contributed by atoms with Crippen molar-refractivity contribution in [1.82, 2.24) is 14.5 Å². The first-order valence-electron chi connectivity index (χ1n) is 4.72. The van der Waals surface area contributed by atoms with Gasteiger partial charge in [0.1, 0.15) is 17.1 Å². The average Bonchev–Trinajstić information content (AvgIpc) is 2.32. The molecule has 0 aliphatic heterocycles. The summed E-state index contributed by atoms with van der Waals surface area (Å²) in [5.41, 5.74) is 0.548. The van der Waals surface area contributed by atoms with Gasteiger partial charge in [0.25, 0.3) is 5.56 Å². The van der Waals surface area contributed by atoms with Gasteiger partial charge in [0.2, 0.25) is 5.88 Å². The van der Waals surface area contributed by atoms with E-state index in [1.54, 1.807) is 7.05 Å². The van der Waals surface area contributed by atoms with Gasteiger partial charge in [-0.2, -0.15) is 4.98 Å². The van der Waals surface area contributed by atoms with Crippen LogP contribution in [0.25, 0.3) is 11.2 Å². The molecule has 2 aromatic heterocycles. The predicted octanol–water partition coefficient (Wildman–Crippen LogP) is 0.560. The Hall–Kier alpha value is -1.95. The summed E-state index contributed by atoms with van der Waals surface area (Å²) in [6.07, 6.45) is 1.77. The number of pyridine rings is 1. The fourth-order valence-corrected chi connectivity index (χ4v) is 1.53. The van der Waals surface area contributed by atoms with E-state index in [9.17, 15) is 9.59 Å². The number of fused-ring (bicyclic) bond motifs is 1. The van der Waals surface area contributed by atoms with Crippen LogP contribution in [0, 0.1) is 0 Å². The number of carbonyl (C=O) groups is 1. The number of hydrogen-bond donors (Lipinski definition) is 0. The molecule has 0 saturated carbocycles. The predicted molar refractivity (Wildman–Crippen MR) is 61.3 cm³/mol. The van der Waals surface area contributed by atoms with E-state index in [1.807, 2.05) is 0 Å². The van der Waals surface area contributed by atoms with E-state index < -0.39 is 0 Å². The molecule has 0 saturated heterocycles. The van der Waals surface area contributed by atoms with Gasteiger partial charge in [-0.25, -0.2) is 4.98 Å². The van der Waals surface area contributed by atoms with Crippen molar-refractivity contribution in [3.63, 3.8) is 0 Å². The smallest absolute Gasteiger partial charge is 0.270 e. The van der Waals surface area contributed by atoms with E-state index in [0.29, 0.717) is 17.5 Å². The standard InChI is InChI=1S/C10H8ClN3O3/c1-14-8(16)5-12-7-4-6(11)10(13-9(7)14)17-3-2-15/h2,4-5H,3H2,1H3.